The van der Waals surface area contributed by atoms with E-state index >= 15 is 0 Å². The van der Waals surface area contributed by atoms with Crippen LogP contribution in [0.4, 0.5) is 0 Å². The van der Waals surface area contributed by atoms with Gasteiger partial charge in [-0.25, -0.2) is 4.98 Å². The summed E-state index contributed by atoms with van der Waals surface area (Å²) in [6.07, 6.45) is 0.561. The van der Waals surface area contributed by atoms with E-state index in [1.54, 1.807) is 12.5 Å². The lowest BCUT2D eigenvalue weighted by Crippen LogP contribution is -2.10. The first-order valence-electron chi connectivity index (χ1n) is 4.35. The van der Waals surface area contributed by atoms with Gasteiger partial charge in [0.1, 0.15) is 5.01 Å². The molecule has 0 radical (unpaired) electrons. The fourth-order valence-electron chi connectivity index (χ4n) is 1.19. The second-order valence-electron chi connectivity index (χ2n) is 2.90. The van der Waals surface area contributed by atoms with Crippen molar-refractivity contribution in [2.45, 2.75) is 25.9 Å². The third kappa shape index (κ3) is 2.52. The fourth-order valence-corrected chi connectivity index (χ4v) is 2.00. The number of ether oxygens (including phenoxy) is 1. The highest BCUT2D eigenvalue weighted by atomic mass is 32.1. The quantitative estimate of drug-likeness (QED) is 0.814. The number of hydrogen-bond acceptors (Lipinski definition) is 4. The molecule has 78 valence electrons. The molecule has 1 unspecified atom stereocenters. The van der Waals surface area contributed by atoms with Crippen LogP contribution in [-0.2, 0) is 16.1 Å². The molecule has 1 atom stereocenters. The zero-order valence-corrected chi connectivity index (χ0v) is 9.00. The lowest BCUT2D eigenvalue weighted by Gasteiger charge is -2.04. The minimum Gasteiger partial charge on any atom is -0.481 e. The lowest BCUT2D eigenvalue weighted by atomic mass is 10.0. The Morgan fingerprint density at radius 3 is 3.00 bits per heavy atom. The van der Waals surface area contributed by atoms with Crippen molar-refractivity contribution < 1.29 is 14.6 Å². The summed E-state index contributed by atoms with van der Waals surface area (Å²) < 4.78 is 4.92. The molecule has 1 heterocycles. The van der Waals surface area contributed by atoms with E-state index in [9.17, 15) is 4.79 Å². The molecule has 1 aromatic rings. The van der Waals surface area contributed by atoms with E-state index in [2.05, 4.69) is 4.98 Å². The van der Waals surface area contributed by atoms with Crippen molar-refractivity contribution in [2.24, 2.45) is 0 Å². The van der Waals surface area contributed by atoms with E-state index in [1.807, 2.05) is 6.92 Å². The summed E-state index contributed by atoms with van der Waals surface area (Å²) in [5, 5.41) is 11.5. The highest BCUT2D eigenvalue weighted by molar-refractivity contribution is 7.09. The molecule has 0 aromatic carbocycles. The molecular formula is C9H13NO3S. The van der Waals surface area contributed by atoms with Crippen LogP contribution in [0.5, 0.6) is 0 Å². The maximum absolute atomic E-state index is 10.8. The van der Waals surface area contributed by atoms with Crippen LogP contribution in [-0.4, -0.2) is 23.2 Å². The number of aliphatic carboxylic acids is 1. The Morgan fingerprint density at radius 1 is 1.79 bits per heavy atom. The number of aromatic nitrogens is 1. The third-order valence-electron chi connectivity index (χ3n) is 1.90. The zero-order valence-electron chi connectivity index (χ0n) is 8.19. The van der Waals surface area contributed by atoms with Gasteiger partial charge in [-0.05, 0) is 6.42 Å². The highest BCUT2D eigenvalue weighted by Gasteiger charge is 2.20. The number of carbonyl (C=O) groups is 1. The van der Waals surface area contributed by atoms with Crippen molar-refractivity contribution in [3.8, 4) is 0 Å². The molecule has 1 N–H and O–H groups in total. The molecule has 0 aliphatic heterocycles. The molecule has 0 bridgehead atoms. The van der Waals surface area contributed by atoms with Gasteiger partial charge >= 0.3 is 5.97 Å². The Bertz CT molecular complexity index is 311. The highest BCUT2D eigenvalue weighted by Crippen LogP contribution is 2.22. The van der Waals surface area contributed by atoms with Gasteiger partial charge in [-0.15, -0.1) is 11.3 Å². The van der Waals surface area contributed by atoms with Gasteiger partial charge in [-0.1, -0.05) is 6.92 Å². The van der Waals surface area contributed by atoms with Gasteiger partial charge in [0.05, 0.1) is 18.2 Å². The first kappa shape index (κ1) is 11.1. The molecular weight excluding hydrogens is 202 g/mol. The van der Waals surface area contributed by atoms with Crippen LogP contribution in [0.15, 0.2) is 5.38 Å². The van der Waals surface area contributed by atoms with Gasteiger partial charge in [-0.2, -0.15) is 0 Å². The van der Waals surface area contributed by atoms with Crippen LogP contribution in [0.3, 0.4) is 0 Å². The summed E-state index contributed by atoms with van der Waals surface area (Å²) in [4.78, 5) is 15.0. The van der Waals surface area contributed by atoms with Crippen molar-refractivity contribution in [1.82, 2.24) is 4.98 Å². The van der Waals surface area contributed by atoms with Crippen LogP contribution in [0.1, 0.15) is 30.0 Å². The third-order valence-corrected chi connectivity index (χ3v) is 2.74. The summed E-state index contributed by atoms with van der Waals surface area (Å²) in [6, 6.07) is 0. The minimum atomic E-state index is -0.818. The van der Waals surface area contributed by atoms with E-state index in [1.165, 1.54) is 11.3 Å². The van der Waals surface area contributed by atoms with Crippen molar-refractivity contribution in [3.05, 3.63) is 16.1 Å². The predicted molar refractivity (Wildman–Crippen MR) is 53.5 cm³/mol. The molecule has 0 aliphatic carbocycles. The number of hydrogen-bond donors (Lipinski definition) is 1. The van der Waals surface area contributed by atoms with E-state index in [-0.39, 0.29) is 0 Å². The molecule has 0 amide bonds. The van der Waals surface area contributed by atoms with Crippen molar-refractivity contribution in [3.63, 3.8) is 0 Å². The first-order valence-corrected chi connectivity index (χ1v) is 5.23. The number of methoxy groups -OCH3 is 1. The normalized spacial score (nSPS) is 12.7. The Kier molecular flexibility index (Phi) is 4.03. The minimum absolute atomic E-state index is 0.445. The molecule has 0 aliphatic rings. The van der Waals surface area contributed by atoms with Gasteiger partial charge in [0, 0.05) is 12.5 Å². The molecule has 1 rings (SSSR count). The smallest absolute Gasteiger partial charge is 0.312 e. The Labute approximate surface area is 86.6 Å². The monoisotopic (exact) mass is 215 g/mol. The summed E-state index contributed by atoms with van der Waals surface area (Å²) in [7, 11) is 1.59. The SMILES string of the molecule is CCC(C(=O)O)c1csc(COC)n1. The molecule has 4 nitrogen and oxygen atoms in total. The molecule has 14 heavy (non-hydrogen) atoms. The Hall–Kier alpha value is -0.940. The van der Waals surface area contributed by atoms with E-state index in [4.69, 9.17) is 9.84 Å². The molecule has 5 heteroatoms. The van der Waals surface area contributed by atoms with Crippen molar-refractivity contribution >= 4 is 17.3 Å². The first-order chi connectivity index (χ1) is 6.69. The molecule has 0 fully saturated rings. The number of rotatable bonds is 5. The standard InChI is InChI=1S/C9H13NO3S/c1-3-6(9(11)12)7-5-14-8(10-7)4-13-2/h5-6H,3-4H2,1-2H3,(H,11,12). The van der Waals surface area contributed by atoms with E-state index in [0.29, 0.717) is 18.7 Å². The average molecular weight is 215 g/mol. The van der Waals surface area contributed by atoms with Gasteiger partial charge in [-0.3, -0.25) is 4.79 Å². The number of carboxylic acid groups (broad SMARTS) is 1. The van der Waals surface area contributed by atoms with Gasteiger partial charge in [0.2, 0.25) is 0 Å². The second-order valence-corrected chi connectivity index (χ2v) is 3.84. The fraction of sp³-hybridized carbons (Fsp3) is 0.556. The topological polar surface area (TPSA) is 59.4 Å². The van der Waals surface area contributed by atoms with E-state index in [0.717, 1.165) is 5.01 Å². The predicted octanol–water partition coefficient (Wildman–Crippen LogP) is 1.87. The Balaban J connectivity index is 2.78. The second kappa shape index (κ2) is 5.07. The van der Waals surface area contributed by atoms with Crippen molar-refractivity contribution in [2.75, 3.05) is 7.11 Å². The molecule has 0 saturated heterocycles. The molecule has 1 aromatic heterocycles. The maximum Gasteiger partial charge on any atom is 0.312 e. The van der Waals surface area contributed by atoms with Gasteiger partial charge in [0.15, 0.2) is 0 Å². The number of carboxylic acids is 1. The average Bonchev–Trinajstić information content (AvgIpc) is 2.54. The largest absolute Gasteiger partial charge is 0.481 e. The number of thiazole rings is 1. The zero-order chi connectivity index (χ0) is 10.6. The summed E-state index contributed by atoms with van der Waals surface area (Å²) in [5.41, 5.74) is 0.636. The molecule has 0 saturated carbocycles. The van der Waals surface area contributed by atoms with Crippen LogP contribution >= 0.6 is 11.3 Å². The van der Waals surface area contributed by atoms with Crippen molar-refractivity contribution in [1.29, 1.82) is 0 Å². The van der Waals surface area contributed by atoms with E-state index < -0.39 is 11.9 Å². The Morgan fingerprint density at radius 2 is 2.50 bits per heavy atom. The lowest BCUT2D eigenvalue weighted by molar-refractivity contribution is -0.138. The van der Waals surface area contributed by atoms with Crippen LogP contribution in [0, 0.1) is 0 Å². The number of nitrogens with zero attached hydrogens (tertiary/aromatic N) is 1. The van der Waals surface area contributed by atoms with Gasteiger partial charge < -0.3 is 9.84 Å². The molecule has 0 spiro atoms. The van der Waals surface area contributed by atoms with Crippen LogP contribution < -0.4 is 0 Å². The summed E-state index contributed by atoms with van der Waals surface area (Å²) >= 11 is 1.44. The van der Waals surface area contributed by atoms with Gasteiger partial charge in [0.25, 0.3) is 0 Å². The summed E-state index contributed by atoms with van der Waals surface area (Å²) in [6.45, 7) is 2.29. The van der Waals surface area contributed by atoms with Crippen LogP contribution in [0.25, 0.3) is 0 Å². The van der Waals surface area contributed by atoms with Crippen LogP contribution in [0.2, 0.25) is 0 Å². The summed E-state index contributed by atoms with van der Waals surface area (Å²) in [5.74, 6) is -1.31. The maximum atomic E-state index is 10.8.